The Kier molecular flexibility index (Phi) is 8.49. The molecule has 2 atom stereocenters. The van der Waals surface area contributed by atoms with Gasteiger partial charge in [0.1, 0.15) is 17.7 Å². The van der Waals surface area contributed by atoms with Crippen LogP contribution in [0.3, 0.4) is 0 Å². The van der Waals surface area contributed by atoms with Gasteiger partial charge in [0.2, 0.25) is 18.0 Å². The highest BCUT2D eigenvalue weighted by atomic mass is 19.1. The SMILES string of the molecule is CC(C)CN1C(=O)C(NC(=O)[C@H](C)NC(=O)Cc2cc(F)cc(F)c2)N=C(c2ccccc2)c2ccccc21. The van der Waals surface area contributed by atoms with Crippen LogP contribution in [0.4, 0.5) is 14.5 Å². The summed E-state index contributed by atoms with van der Waals surface area (Å²) in [6.07, 6.45) is -1.56. The summed E-state index contributed by atoms with van der Waals surface area (Å²) in [4.78, 5) is 45.7. The molecule has 202 valence electrons. The molecule has 0 spiro atoms. The summed E-state index contributed by atoms with van der Waals surface area (Å²) in [5.41, 5.74) is 2.93. The Morgan fingerprint density at radius 3 is 2.26 bits per heavy atom. The normalized spacial score (nSPS) is 15.7. The van der Waals surface area contributed by atoms with Gasteiger partial charge in [0.25, 0.3) is 5.91 Å². The minimum atomic E-state index is -1.24. The van der Waals surface area contributed by atoms with Crippen molar-refractivity contribution in [1.82, 2.24) is 10.6 Å². The highest BCUT2D eigenvalue weighted by molar-refractivity contribution is 6.20. The number of anilines is 1. The zero-order valence-corrected chi connectivity index (χ0v) is 21.9. The number of aliphatic imine (C=N–C) groups is 1. The predicted molar refractivity (Wildman–Crippen MR) is 145 cm³/mol. The zero-order chi connectivity index (χ0) is 28.1. The Balaban J connectivity index is 1.59. The minimum absolute atomic E-state index is 0.135. The number of carbonyl (C=O) groups is 3. The summed E-state index contributed by atoms with van der Waals surface area (Å²) in [7, 11) is 0. The fourth-order valence-electron chi connectivity index (χ4n) is 4.42. The third-order valence-electron chi connectivity index (χ3n) is 6.14. The molecular formula is C30H30F2N4O3. The van der Waals surface area contributed by atoms with Gasteiger partial charge >= 0.3 is 0 Å². The van der Waals surface area contributed by atoms with E-state index < -0.39 is 41.6 Å². The highest BCUT2D eigenvalue weighted by Crippen LogP contribution is 2.29. The molecule has 3 amide bonds. The molecule has 7 nitrogen and oxygen atoms in total. The minimum Gasteiger partial charge on any atom is -0.344 e. The van der Waals surface area contributed by atoms with E-state index in [2.05, 4.69) is 10.6 Å². The number of fused-ring (bicyclic) bond motifs is 1. The Bertz CT molecular complexity index is 1390. The van der Waals surface area contributed by atoms with Crippen LogP contribution in [0.5, 0.6) is 0 Å². The van der Waals surface area contributed by atoms with E-state index >= 15 is 0 Å². The van der Waals surface area contributed by atoms with Crippen LogP contribution in [-0.4, -0.2) is 42.2 Å². The van der Waals surface area contributed by atoms with Crippen LogP contribution in [0.15, 0.2) is 77.8 Å². The third-order valence-corrected chi connectivity index (χ3v) is 6.14. The maximum absolute atomic E-state index is 13.8. The number of rotatable bonds is 8. The number of nitrogens with one attached hydrogen (secondary N) is 2. The quantitative estimate of drug-likeness (QED) is 0.460. The molecule has 9 heteroatoms. The number of carbonyl (C=O) groups excluding carboxylic acids is 3. The standard InChI is InChI=1S/C30H30F2N4O3/c1-18(2)17-36-25-12-8-7-11-24(25)27(21-9-5-4-6-10-21)34-28(30(36)39)35-29(38)19(3)33-26(37)15-20-13-22(31)16-23(32)14-20/h4-14,16,18-19,28H,15,17H2,1-3H3,(H,33,37)(H,35,38)/t19-,28?/m0/s1. The van der Waals surface area contributed by atoms with Gasteiger partial charge in [-0.25, -0.2) is 13.8 Å². The van der Waals surface area contributed by atoms with Gasteiger partial charge in [0.15, 0.2) is 0 Å². The molecule has 0 radical (unpaired) electrons. The number of nitrogens with zero attached hydrogens (tertiary/aromatic N) is 2. The molecule has 0 aromatic heterocycles. The van der Waals surface area contributed by atoms with Gasteiger partial charge in [-0.2, -0.15) is 0 Å². The van der Waals surface area contributed by atoms with Crippen molar-refractivity contribution in [2.24, 2.45) is 10.9 Å². The van der Waals surface area contributed by atoms with Crippen LogP contribution in [0.2, 0.25) is 0 Å². The van der Waals surface area contributed by atoms with E-state index in [0.29, 0.717) is 24.0 Å². The Morgan fingerprint density at radius 2 is 1.59 bits per heavy atom. The van der Waals surface area contributed by atoms with Crippen molar-refractivity contribution in [3.8, 4) is 0 Å². The number of benzodiazepines with no additional fused rings is 1. The maximum Gasteiger partial charge on any atom is 0.272 e. The van der Waals surface area contributed by atoms with Gasteiger partial charge in [-0.1, -0.05) is 62.4 Å². The second-order valence-electron chi connectivity index (χ2n) is 9.86. The summed E-state index contributed by atoms with van der Waals surface area (Å²) in [6.45, 7) is 5.87. The monoisotopic (exact) mass is 532 g/mol. The van der Waals surface area contributed by atoms with Gasteiger partial charge < -0.3 is 15.5 Å². The molecule has 1 heterocycles. The summed E-state index contributed by atoms with van der Waals surface area (Å²) < 4.78 is 27.0. The largest absolute Gasteiger partial charge is 0.344 e. The Morgan fingerprint density at radius 1 is 0.949 bits per heavy atom. The number of halogens is 2. The zero-order valence-electron chi connectivity index (χ0n) is 21.9. The maximum atomic E-state index is 13.8. The van der Waals surface area contributed by atoms with Crippen molar-refractivity contribution in [3.05, 3.63) is 101 Å². The van der Waals surface area contributed by atoms with E-state index in [1.807, 2.05) is 68.4 Å². The summed E-state index contributed by atoms with van der Waals surface area (Å²) in [5, 5.41) is 5.20. The fraction of sp³-hybridized carbons (Fsp3) is 0.267. The number of amides is 3. The van der Waals surface area contributed by atoms with Crippen LogP contribution >= 0.6 is 0 Å². The second-order valence-corrected chi connectivity index (χ2v) is 9.86. The number of benzene rings is 3. The van der Waals surface area contributed by atoms with Gasteiger partial charge in [0.05, 0.1) is 17.8 Å². The lowest BCUT2D eigenvalue weighted by Gasteiger charge is -2.27. The first-order valence-electron chi connectivity index (χ1n) is 12.7. The van der Waals surface area contributed by atoms with E-state index in [9.17, 15) is 23.2 Å². The van der Waals surface area contributed by atoms with E-state index in [4.69, 9.17) is 4.99 Å². The highest BCUT2D eigenvalue weighted by Gasteiger charge is 2.34. The van der Waals surface area contributed by atoms with Gasteiger partial charge in [-0.3, -0.25) is 14.4 Å². The molecule has 3 aromatic carbocycles. The second kappa shape index (κ2) is 12.0. The lowest BCUT2D eigenvalue weighted by molar-refractivity contribution is -0.130. The topological polar surface area (TPSA) is 90.9 Å². The first-order valence-corrected chi connectivity index (χ1v) is 12.7. The summed E-state index contributed by atoms with van der Waals surface area (Å²) in [6, 6.07) is 18.6. The number of para-hydroxylation sites is 1. The molecule has 1 aliphatic rings. The Labute approximate surface area is 225 Å². The van der Waals surface area contributed by atoms with Crippen LogP contribution in [0, 0.1) is 17.6 Å². The van der Waals surface area contributed by atoms with Crippen molar-refractivity contribution >= 4 is 29.1 Å². The first-order chi connectivity index (χ1) is 18.6. The van der Waals surface area contributed by atoms with Crippen LogP contribution < -0.4 is 15.5 Å². The molecule has 0 saturated heterocycles. The molecular weight excluding hydrogens is 502 g/mol. The van der Waals surface area contributed by atoms with Crippen LogP contribution in [0.1, 0.15) is 37.5 Å². The predicted octanol–water partition coefficient (Wildman–Crippen LogP) is 3.99. The van der Waals surface area contributed by atoms with E-state index in [1.54, 1.807) is 4.90 Å². The van der Waals surface area contributed by atoms with Crippen LogP contribution in [0.25, 0.3) is 0 Å². The molecule has 0 aliphatic carbocycles. The summed E-state index contributed by atoms with van der Waals surface area (Å²) in [5.74, 6) is -3.08. The summed E-state index contributed by atoms with van der Waals surface area (Å²) >= 11 is 0. The average molecular weight is 533 g/mol. The van der Waals surface area contributed by atoms with Crippen molar-refractivity contribution in [2.75, 3.05) is 11.4 Å². The molecule has 1 unspecified atom stereocenters. The van der Waals surface area contributed by atoms with Gasteiger partial charge in [-0.05, 0) is 36.6 Å². The van der Waals surface area contributed by atoms with E-state index in [1.165, 1.54) is 6.92 Å². The van der Waals surface area contributed by atoms with Crippen molar-refractivity contribution < 1.29 is 23.2 Å². The molecule has 0 fully saturated rings. The van der Waals surface area contributed by atoms with Crippen molar-refractivity contribution in [1.29, 1.82) is 0 Å². The molecule has 39 heavy (non-hydrogen) atoms. The van der Waals surface area contributed by atoms with Gasteiger partial charge in [-0.15, -0.1) is 0 Å². The Hall–Kier alpha value is -4.40. The molecule has 3 aromatic rings. The number of hydrogen-bond donors (Lipinski definition) is 2. The molecule has 0 bridgehead atoms. The lowest BCUT2D eigenvalue weighted by atomic mass is 10.00. The average Bonchev–Trinajstić information content (AvgIpc) is 2.99. The van der Waals surface area contributed by atoms with E-state index in [0.717, 1.165) is 23.3 Å². The lowest BCUT2D eigenvalue weighted by Crippen LogP contribution is -2.53. The molecule has 4 rings (SSSR count). The third kappa shape index (κ3) is 6.73. The number of hydrogen-bond acceptors (Lipinski definition) is 4. The van der Waals surface area contributed by atoms with Crippen LogP contribution in [-0.2, 0) is 20.8 Å². The molecule has 1 aliphatic heterocycles. The van der Waals surface area contributed by atoms with E-state index in [-0.39, 0.29) is 17.9 Å². The fourth-order valence-corrected chi connectivity index (χ4v) is 4.42. The van der Waals surface area contributed by atoms with Gasteiger partial charge in [0, 0.05) is 23.7 Å². The first kappa shape index (κ1) is 27.6. The van der Waals surface area contributed by atoms with Crippen molar-refractivity contribution in [2.45, 2.75) is 39.4 Å². The van der Waals surface area contributed by atoms with Crippen molar-refractivity contribution in [3.63, 3.8) is 0 Å². The smallest absolute Gasteiger partial charge is 0.272 e. The molecule has 0 saturated carbocycles. The molecule has 2 N–H and O–H groups in total.